The predicted octanol–water partition coefficient (Wildman–Crippen LogP) is 4.21. The maximum absolute atomic E-state index is 12.1. The van der Waals surface area contributed by atoms with Crippen LogP contribution in [-0.4, -0.2) is 35.8 Å². The fourth-order valence-corrected chi connectivity index (χ4v) is 2.76. The molecule has 0 aromatic heterocycles. The van der Waals surface area contributed by atoms with Crippen LogP contribution in [0.4, 0.5) is 4.79 Å². The summed E-state index contributed by atoms with van der Waals surface area (Å²) in [5, 5.41) is 0.667. The summed E-state index contributed by atoms with van der Waals surface area (Å²) >= 11 is 6.09. The van der Waals surface area contributed by atoms with Crippen LogP contribution in [0.2, 0.25) is 5.02 Å². The van der Waals surface area contributed by atoms with E-state index in [1.165, 1.54) is 0 Å². The van der Waals surface area contributed by atoms with Crippen LogP contribution in [0.3, 0.4) is 0 Å². The third-order valence-corrected chi connectivity index (χ3v) is 3.59. The maximum atomic E-state index is 12.1. The minimum atomic E-state index is -0.504. The molecule has 0 N–H and O–H groups in total. The third-order valence-electron chi connectivity index (χ3n) is 3.36. The van der Waals surface area contributed by atoms with E-state index in [-0.39, 0.29) is 12.2 Å². The Labute approximate surface area is 137 Å². The lowest BCUT2D eigenvalue weighted by Gasteiger charge is -2.50. The molecule has 1 fully saturated rings. The van der Waals surface area contributed by atoms with Crippen molar-refractivity contribution in [3.8, 4) is 0 Å². The first-order valence-corrected chi connectivity index (χ1v) is 7.91. The van der Waals surface area contributed by atoms with Gasteiger partial charge in [-0.15, -0.1) is 0 Å². The van der Waals surface area contributed by atoms with E-state index in [1.807, 2.05) is 58.9 Å². The summed E-state index contributed by atoms with van der Waals surface area (Å²) < 4.78 is 11.5. The molecule has 0 atom stereocenters. The molecule has 22 heavy (non-hydrogen) atoms. The van der Waals surface area contributed by atoms with Crippen molar-refractivity contribution in [1.29, 1.82) is 0 Å². The number of amides is 1. The summed E-state index contributed by atoms with van der Waals surface area (Å²) in [4.78, 5) is 13.8. The Morgan fingerprint density at radius 1 is 1.32 bits per heavy atom. The third kappa shape index (κ3) is 3.93. The highest BCUT2D eigenvalue weighted by atomic mass is 35.5. The molecule has 5 heteroatoms. The SMILES string of the molecule is CC(C)OC1(c2cccc(Cl)c2)CN(C(=O)OC(C)(C)C)C1. The largest absolute Gasteiger partial charge is 0.444 e. The first-order chi connectivity index (χ1) is 10.1. The van der Waals surface area contributed by atoms with Gasteiger partial charge in [0.05, 0.1) is 19.2 Å². The number of hydrogen-bond acceptors (Lipinski definition) is 3. The molecule has 0 unspecified atom stereocenters. The number of nitrogens with zero attached hydrogens (tertiary/aromatic N) is 1. The molecule has 1 aromatic carbocycles. The van der Waals surface area contributed by atoms with E-state index in [0.29, 0.717) is 18.1 Å². The second kappa shape index (κ2) is 6.09. The Balaban J connectivity index is 2.14. The fraction of sp³-hybridized carbons (Fsp3) is 0.588. The van der Waals surface area contributed by atoms with Gasteiger partial charge in [-0.25, -0.2) is 4.79 Å². The second-order valence-corrected chi connectivity index (χ2v) is 7.44. The van der Waals surface area contributed by atoms with Gasteiger partial charge in [0.15, 0.2) is 0 Å². The van der Waals surface area contributed by atoms with Crippen molar-refractivity contribution in [2.45, 2.75) is 51.9 Å². The van der Waals surface area contributed by atoms with E-state index in [0.717, 1.165) is 5.56 Å². The van der Waals surface area contributed by atoms with Gasteiger partial charge in [-0.2, -0.15) is 0 Å². The average molecular weight is 326 g/mol. The summed E-state index contributed by atoms with van der Waals surface area (Å²) in [5.41, 5.74) is -0.00575. The zero-order valence-corrected chi connectivity index (χ0v) is 14.6. The number of carbonyl (C=O) groups excluding carboxylic acids is 1. The van der Waals surface area contributed by atoms with Crippen LogP contribution in [0.25, 0.3) is 0 Å². The summed E-state index contributed by atoms with van der Waals surface area (Å²) in [7, 11) is 0. The van der Waals surface area contributed by atoms with Gasteiger partial charge < -0.3 is 14.4 Å². The molecule has 0 bridgehead atoms. The highest BCUT2D eigenvalue weighted by molar-refractivity contribution is 6.30. The smallest absolute Gasteiger partial charge is 0.410 e. The van der Waals surface area contributed by atoms with E-state index in [9.17, 15) is 4.79 Å². The van der Waals surface area contributed by atoms with Crippen LogP contribution in [0.5, 0.6) is 0 Å². The highest BCUT2D eigenvalue weighted by Crippen LogP contribution is 2.38. The van der Waals surface area contributed by atoms with Crippen LogP contribution in [0.1, 0.15) is 40.2 Å². The topological polar surface area (TPSA) is 38.8 Å². The zero-order valence-electron chi connectivity index (χ0n) is 13.9. The Morgan fingerprint density at radius 2 is 1.95 bits per heavy atom. The number of hydrogen-bond donors (Lipinski definition) is 0. The van der Waals surface area contributed by atoms with E-state index in [4.69, 9.17) is 21.1 Å². The summed E-state index contributed by atoms with van der Waals surface area (Å²) in [5.74, 6) is 0. The Morgan fingerprint density at radius 3 is 2.45 bits per heavy atom. The van der Waals surface area contributed by atoms with Crippen molar-refractivity contribution in [3.05, 3.63) is 34.9 Å². The molecule has 0 aliphatic carbocycles. The quantitative estimate of drug-likeness (QED) is 0.835. The number of rotatable bonds is 3. The molecule has 0 spiro atoms. The van der Waals surface area contributed by atoms with Gasteiger partial charge in [-0.05, 0) is 52.3 Å². The monoisotopic (exact) mass is 325 g/mol. The van der Waals surface area contributed by atoms with E-state index in [2.05, 4.69) is 0 Å². The molecule has 1 aliphatic heterocycles. The Bertz CT molecular complexity index is 545. The molecule has 0 radical (unpaired) electrons. The molecule has 2 rings (SSSR count). The fourth-order valence-electron chi connectivity index (χ4n) is 2.57. The van der Waals surface area contributed by atoms with E-state index in [1.54, 1.807) is 4.90 Å². The minimum absolute atomic E-state index is 0.0553. The molecule has 1 aromatic rings. The van der Waals surface area contributed by atoms with Gasteiger partial charge in [0.1, 0.15) is 11.2 Å². The van der Waals surface area contributed by atoms with Crippen molar-refractivity contribution in [1.82, 2.24) is 4.90 Å². The normalized spacial score (nSPS) is 17.3. The van der Waals surface area contributed by atoms with Crippen molar-refractivity contribution >= 4 is 17.7 Å². The lowest BCUT2D eigenvalue weighted by atomic mass is 9.85. The predicted molar refractivity (Wildman–Crippen MR) is 87.2 cm³/mol. The Kier molecular flexibility index (Phi) is 4.73. The van der Waals surface area contributed by atoms with Gasteiger partial charge >= 0.3 is 6.09 Å². The van der Waals surface area contributed by atoms with Crippen LogP contribution >= 0.6 is 11.6 Å². The molecule has 122 valence electrons. The minimum Gasteiger partial charge on any atom is -0.444 e. The van der Waals surface area contributed by atoms with E-state index < -0.39 is 11.2 Å². The van der Waals surface area contributed by atoms with Gasteiger partial charge in [0, 0.05) is 5.02 Å². The first-order valence-electron chi connectivity index (χ1n) is 7.53. The average Bonchev–Trinajstić information content (AvgIpc) is 2.30. The molecule has 1 aliphatic rings. The standard InChI is InChI=1S/C17H24ClNO3/c1-12(2)21-17(13-7-6-8-14(18)9-13)10-19(11-17)15(20)22-16(3,4)5/h6-9,12H,10-11H2,1-5H3. The molecule has 0 saturated carbocycles. The number of benzene rings is 1. The molecule has 1 heterocycles. The summed E-state index contributed by atoms with van der Waals surface area (Å²) in [6, 6.07) is 7.62. The summed E-state index contributed by atoms with van der Waals surface area (Å²) in [6.45, 7) is 10.5. The lowest BCUT2D eigenvalue weighted by molar-refractivity contribution is -0.167. The lowest BCUT2D eigenvalue weighted by Crippen LogP contribution is -2.63. The molecule has 1 amide bonds. The van der Waals surface area contributed by atoms with Crippen molar-refractivity contribution in [2.24, 2.45) is 0 Å². The number of ether oxygens (including phenoxy) is 2. The van der Waals surface area contributed by atoms with Gasteiger partial charge in [0.25, 0.3) is 0 Å². The van der Waals surface area contributed by atoms with Gasteiger partial charge in [-0.3, -0.25) is 0 Å². The number of halogens is 1. The van der Waals surface area contributed by atoms with Gasteiger partial charge in [-0.1, -0.05) is 23.7 Å². The van der Waals surface area contributed by atoms with Crippen LogP contribution < -0.4 is 0 Å². The second-order valence-electron chi connectivity index (χ2n) is 7.01. The molecule has 1 saturated heterocycles. The van der Waals surface area contributed by atoms with Crippen LogP contribution in [0, 0.1) is 0 Å². The zero-order chi connectivity index (χ0) is 16.5. The van der Waals surface area contributed by atoms with Crippen molar-refractivity contribution in [2.75, 3.05) is 13.1 Å². The number of carbonyl (C=O) groups is 1. The summed E-state index contributed by atoms with van der Waals surface area (Å²) in [6.07, 6.45) is -0.253. The molecular weight excluding hydrogens is 302 g/mol. The molecule has 4 nitrogen and oxygen atoms in total. The van der Waals surface area contributed by atoms with E-state index >= 15 is 0 Å². The molecular formula is C17H24ClNO3. The maximum Gasteiger partial charge on any atom is 0.410 e. The number of likely N-dealkylation sites (tertiary alicyclic amines) is 1. The van der Waals surface area contributed by atoms with Crippen LogP contribution in [-0.2, 0) is 15.1 Å². The van der Waals surface area contributed by atoms with Crippen molar-refractivity contribution < 1.29 is 14.3 Å². The first kappa shape index (κ1) is 17.1. The highest BCUT2D eigenvalue weighted by Gasteiger charge is 2.49. The van der Waals surface area contributed by atoms with Crippen LogP contribution in [0.15, 0.2) is 24.3 Å². The Hall–Kier alpha value is -1.26. The van der Waals surface area contributed by atoms with Gasteiger partial charge in [0.2, 0.25) is 0 Å². The van der Waals surface area contributed by atoms with Crippen molar-refractivity contribution in [3.63, 3.8) is 0 Å².